The molecule has 0 aliphatic heterocycles. The number of methoxy groups -OCH3 is 1. The third-order valence-corrected chi connectivity index (χ3v) is 3.83. The molecule has 0 aliphatic rings. The molecule has 0 aromatic heterocycles. The molecule has 0 bridgehead atoms. The minimum atomic E-state index is -4.42. The molecule has 25 heavy (non-hydrogen) atoms. The molecule has 0 saturated carbocycles. The SMILES string of the molecule is COC(=O)Cc1ccc(C(C)N=O)c(-c2ccc(C(F)(F)F)cc2)c1. The van der Waals surface area contributed by atoms with Crippen LogP contribution in [-0.4, -0.2) is 13.1 Å². The molecule has 132 valence electrons. The largest absolute Gasteiger partial charge is 0.469 e. The Morgan fingerprint density at radius 3 is 2.32 bits per heavy atom. The molecule has 0 radical (unpaired) electrons. The van der Waals surface area contributed by atoms with Crippen LogP contribution in [-0.2, 0) is 22.1 Å². The molecule has 0 spiro atoms. The van der Waals surface area contributed by atoms with Gasteiger partial charge in [-0.1, -0.05) is 35.5 Å². The first-order chi connectivity index (χ1) is 11.8. The summed E-state index contributed by atoms with van der Waals surface area (Å²) in [6.07, 6.45) is -4.40. The van der Waals surface area contributed by atoms with E-state index in [1.807, 2.05) is 0 Å². The van der Waals surface area contributed by atoms with Crippen molar-refractivity contribution in [3.8, 4) is 11.1 Å². The van der Waals surface area contributed by atoms with Crippen LogP contribution in [0.5, 0.6) is 0 Å². The number of nitrogens with zero attached hydrogens (tertiary/aromatic N) is 1. The number of carbonyl (C=O) groups is 1. The van der Waals surface area contributed by atoms with Gasteiger partial charge in [0.25, 0.3) is 0 Å². The van der Waals surface area contributed by atoms with E-state index in [1.165, 1.54) is 19.2 Å². The van der Waals surface area contributed by atoms with Crippen LogP contribution in [0.2, 0.25) is 0 Å². The Bertz CT molecular complexity index is 770. The lowest BCUT2D eigenvalue weighted by atomic mass is 9.92. The molecule has 0 amide bonds. The van der Waals surface area contributed by atoms with E-state index in [1.54, 1.807) is 25.1 Å². The van der Waals surface area contributed by atoms with Gasteiger partial charge < -0.3 is 4.74 Å². The molecule has 0 fully saturated rings. The van der Waals surface area contributed by atoms with Gasteiger partial charge in [0, 0.05) is 0 Å². The van der Waals surface area contributed by atoms with Crippen molar-refractivity contribution in [2.75, 3.05) is 7.11 Å². The second-order valence-corrected chi connectivity index (χ2v) is 5.53. The van der Waals surface area contributed by atoms with Gasteiger partial charge in [-0.05, 0) is 41.3 Å². The van der Waals surface area contributed by atoms with Crippen molar-refractivity contribution in [1.29, 1.82) is 0 Å². The third-order valence-electron chi connectivity index (χ3n) is 3.83. The fourth-order valence-corrected chi connectivity index (χ4v) is 2.46. The van der Waals surface area contributed by atoms with E-state index in [-0.39, 0.29) is 6.42 Å². The Hall–Kier alpha value is -2.70. The van der Waals surface area contributed by atoms with E-state index < -0.39 is 23.8 Å². The fourth-order valence-electron chi connectivity index (χ4n) is 2.46. The Morgan fingerprint density at radius 2 is 1.80 bits per heavy atom. The second-order valence-electron chi connectivity index (χ2n) is 5.53. The lowest BCUT2D eigenvalue weighted by Crippen LogP contribution is -2.06. The highest BCUT2D eigenvalue weighted by molar-refractivity contribution is 5.75. The van der Waals surface area contributed by atoms with Gasteiger partial charge in [-0.25, -0.2) is 0 Å². The number of rotatable bonds is 5. The minimum Gasteiger partial charge on any atom is -0.469 e. The average molecular weight is 351 g/mol. The summed E-state index contributed by atoms with van der Waals surface area (Å²) in [7, 11) is 1.27. The molecule has 2 aromatic rings. The monoisotopic (exact) mass is 351 g/mol. The number of ether oxygens (including phenoxy) is 1. The lowest BCUT2D eigenvalue weighted by molar-refractivity contribution is -0.140. The summed E-state index contributed by atoms with van der Waals surface area (Å²) >= 11 is 0. The standard InChI is InChI=1S/C18H16F3NO3/c1-11(22-24)15-8-3-12(10-17(23)25-2)9-16(15)13-4-6-14(7-5-13)18(19,20)21/h3-9,11H,10H2,1-2H3. The van der Waals surface area contributed by atoms with Crippen molar-refractivity contribution in [2.45, 2.75) is 25.6 Å². The zero-order valence-electron chi connectivity index (χ0n) is 13.6. The first-order valence-electron chi connectivity index (χ1n) is 7.46. The predicted octanol–water partition coefficient (Wildman–Crippen LogP) is 4.92. The van der Waals surface area contributed by atoms with Gasteiger partial charge in [0.05, 0.1) is 19.1 Å². The van der Waals surface area contributed by atoms with Gasteiger partial charge in [-0.2, -0.15) is 18.1 Å². The summed E-state index contributed by atoms with van der Waals surface area (Å²) in [5.74, 6) is -0.437. The van der Waals surface area contributed by atoms with Crippen molar-refractivity contribution in [3.05, 3.63) is 64.1 Å². The van der Waals surface area contributed by atoms with E-state index in [0.29, 0.717) is 22.3 Å². The second kappa shape index (κ2) is 7.46. The molecular formula is C18H16F3NO3. The Labute approximate surface area is 142 Å². The van der Waals surface area contributed by atoms with E-state index in [9.17, 15) is 22.9 Å². The summed E-state index contributed by atoms with van der Waals surface area (Å²) in [6.45, 7) is 1.59. The first-order valence-corrected chi connectivity index (χ1v) is 7.46. The van der Waals surface area contributed by atoms with E-state index in [4.69, 9.17) is 0 Å². The molecule has 7 heteroatoms. The average Bonchev–Trinajstić information content (AvgIpc) is 2.60. The Balaban J connectivity index is 2.50. The molecule has 1 atom stereocenters. The molecule has 0 N–H and O–H groups in total. The summed E-state index contributed by atoms with van der Waals surface area (Å²) in [5, 5.41) is 2.99. The van der Waals surface area contributed by atoms with Crippen molar-refractivity contribution in [3.63, 3.8) is 0 Å². The topological polar surface area (TPSA) is 55.7 Å². The number of carbonyl (C=O) groups excluding carboxylic acids is 1. The van der Waals surface area contributed by atoms with Crippen molar-refractivity contribution < 1.29 is 22.7 Å². The van der Waals surface area contributed by atoms with Crippen LogP contribution in [0.3, 0.4) is 0 Å². The van der Waals surface area contributed by atoms with Gasteiger partial charge >= 0.3 is 12.1 Å². The third kappa shape index (κ3) is 4.43. The summed E-state index contributed by atoms with van der Waals surface area (Å²) < 4.78 is 42.8. The molecule has 2 rings (SSSR count). The van der Waals surface area contributed by atoms with Crippen molar-refractivity contribution in [1.82, 2.24) is 0 Å². The minimum absolute atomic E-state index is 0.0211. The zero-order chi connectivity index (χ0) is 18.6. The number of halogens is 3. The van der Waals surface area contributed by atoms with Gasteiger partial charge in [-0.15, -0.1) is 0 Å². The maximum absolute atomic E-state index is 12.7. The number of esters is 1. The highest BCUT2D eigenvalue weighted by Crippen LogP contribution is 2.34. The molecular weight excluding hydrogens is 335 g/mol. The normalized spacial score (nSPS) is 12.5. The predicted molar refractivity (Wildman–Crippen MR) is 86.8 cm³/mol. The van der Waals surface area contributed by atoms with Crippen LogP contribution in [0.4, 0.5) is 13.2 Å². The van der Waals surface area contributed by atoms with Gasteiger partial charge in [0.1, 0.15) is 6.04 Å². The van der Waals surface area contributed by atoms with Crippen LogP contribution >= 0.6 is 0 Å². The van der Waals surface area contributed by atoms with Crippen molar-refractivity contribution >= 4 is 5.97 Å². The van der Waals surface area contributed by atoms with E-state index in [0.717, 1.165) is 12.1 Å². The summed E-state index contributed by atoms with van der Waals surface area (Å²) in [4.78, 5) is 22.4. The van der Waals surface area contributed by atoms with Crippen LogP contribution < -0.4 is 0 Å². The maximum Gasteiger partial charge on any atom is 0.416 e. The highest BCUT2D eigenvalue weighted by atomic mass is 19.4. The van der Waals surface area contributed by atoms with E-state index in [2.05, 4.69) is 9.91 Å². The summed E-state index contributed by atoms with van der Waals surface area (Å²) in [6, 6.07) is 8.93. The van der Waals surface area contributed by atoms with Crippen LogP contribution in [0.15, 0.2) is 47.6 Å². The lowest BCUT2D eigenvalue weighted by Gasteiger charge is -2.14. The van der Waals surface area contributed by atoms with Crippen LogP contribution in [0.1, 0.15) is 29.7 Å². The zero-order valence-corrected chi connectivity index (χ0v) is 13.6. The Morgan fingerprint density at radius 1 is 1.16 bits per heavy atom. The molecule has 1 unspecified atom stereocenters. The first kappa shape index (κ1) is 18.6. The number of benzene rings is 2. The number of alkyl halides is 3. The molecule has 2 aromatic carbocycles. The quantitative estimate of drug-likeness (QED) is 0.568. The summed E-state index contributed by atoms with van der Waals surface area (Å²) in [5.41, 5.74) is 1.50. The number of nitroso groups, excluding NO2 is 1. The molecule has 0 saturated heterocycles. The van der Waals surface area contributed by atoms with Crippen molar-refractivity contribution in [2.24, 2.45) is 5.18 Å². The maximum atomic E-state index is 12.7. The number of hydrogen-bond donors (Lipinski definition) is 0. The van der Waals surface area contributed by atoms with Crippen LogP contribution in [0.25, 0.3) is 11.1 Å². The fraction of sp³-hybridized carbons (Fsp3) is 0.278. The molecule has 4 nitrogen and oxygen atoms in total. The highest BCUT2D eigenvalue weighted by Gasteiger charge is 2.30. The van der Waals surface area contributed by atoms with Gasteiger partial charge in [0.2, 0.25) is 0 Å². The Kier molecular flexibility index (Phi) is 5.56. The molecule has 0 aliphatic carbocycles. The van der Waals surface area contributed by atoms with Gasteiger partial charge in [-0.3, -0.25) is 4.79 Å². The van der Waals surface area contributed by atoms with Gasteiger partial charge in [0.15, 0.2) is 0 Å². The number of hydrogen-bond acceptors (Lipinski definition) is 4. The van der Waals surface area contributed by atoms with E-state index >= 15 is 0 Å². The smallest absolute Gasteiger partial charge is 0.416 e. The molecule has 0 heterocycles. The van der Waals surface area contributed by atoms with Crippen LogP contribution in [0, 0.1) is 4.91 Å².